The predicted molar refractivity (Wildman–Crippen MR) is 148 cm³/mol. The maximum atomic E-state index is 13.3. The van der Waals surface area contributed by atoms with Crippen LogP contribution in [0.5, 0.6) is 0 Å². The van der Waals surface area contributed by atoms with Gasteiger partial charge in [0.1, 0.15) is 5.69 Å². The van der Waals surface area contributed by atoms with E-state index in [-0.39, 0.29) is 36.8 Å². The normalized spacial score (nSPS) is 11.9. The predicted octanol–water partition coefficient (Wildman–Crippen LogP) is 6.25. The molecule has 3 rings (SSSR count). The summed E-state index contributed by atoms with van der Waals surface area (Å²) >= 11 is 1.52. The number of benzene rings is 2. The zero-order valence-corrected chi connectivity index (χ0v) is 22.6. The summed E-state index contributed by atoms with van der Waals surface area (Å²) < 4.78 is 2.06. The molecule has 0 radical (unpaired) electrons. The lowest BCUT2D eigenvalue weighted by atomic mass is 10.0. The van der Waals surface area contributed by atoms with Gasteiger partial charge in [0, 0.05) is 11.9 Å². The van der Waals surface area contributed by atoms with E-state index in [0.29, 0.717) is 12.2 Å². The Labute approximate surface area is 219 Å². The molecule has 0 saturated heterocycles. The molecule has 0 fully saturated rings. The summed E-state index contributed by atoms with van der Waals surface area (Å²) in [6, 6.07) is 16.4. The van der Waals surface area contributed by atoms with Gasteiger partial charge >= 0.3 is 0 Å². The summed E-state index contributed by atoms with van der Waals surface area (Å²) in [5.41, 5.74) is 10.7. The minimum absolute atomic E-state index is 0. The van der Waals surface area contributed by atoms with Crippen molar-refractivity contribution in [2.24, 2.45) is 10.7 Å². The number of nitrogens with zero attached hydrogens (tertiary/aromatic N) is 2. The molecule has 0 aliphatic carbocycles. The van der Waals surface area contributed by atoms with Crippen LogP contribution in [0.3, 0.4) is 0 Å². The molecule has 8 heteroatoms. The standard InChI is InChI=1S/C26H34N4OS.2ClH/c1-4-23(21-11-7-5-8-12-21)29-25(31)24-18-32-26(30(24)14-10-6-9-13-27)28-22-16-19(2)15-20(3)17-22;;/h5,7-8,11-12,15-18,23H,4,6,9-10,13-14,27H2,1-3H3,(H,29,31);2*1H. The number of carbonyl (C=O) groups excluding carboxylic acids is 1. The topological polar surface area (TPSA) is 72.4 Å². The second-order valence-electron chi connectivity index (χ2n) is 8.21. The van der Waals surface area contributed by atoms with Crippen molar-refractivity contribution >= 4 is 47.7 Å². The fourth-order valence-corrected chi connectivity index (χ4v) is 4.80. The molecule has 0 aliphatic heterocycles. The van der Waals surface area contributed by atoms with Gasteiger partial charge in [-0.2, -0.15) is 0 Å². The van der Waals surface area contributed by atoms with Crippen molar-refractivity contribution in [2.75, 3.05) is 6.54 Å². The van der Waals surface area contributed by atoms with Crippen LogP contribution >= 0.6 is 36.2 Å². The SMILES string of the molecule is CCC(NC(=O)c1csc(=Nc2cc(C)cc(C)c2)n1CCCCCN)c1ccccc1.Cl.Cl. The molecule has 3 N–H and O–H groups in total. The van der Waals surface area contributed by atoms with Crippen molar-refractivity contribution in [2.45, 2.75) is 59.0 Å². The second kappa shape index (κ2) is 15.0. The number of nitrogens with one attached hydrogen (secondary N) is 1. The third kappa shape index (κ3) is 8.27. The minimum atomic E-state index is -0.0577. The van der Waals surface area contributed by atoms with Gasteiger partial charge in [-0.15, -0.1) is 36.2 Å². The number of unbranched alkanes of at least 4 members (excludes halogenated alkanes) is 2. The van der Waals surface area contributed by atoms with E-state index in [2.05, 4.69) is 61.0 Å². The Morgan fingerprint density at radius 2 is 1.74 bits per heavy atom. The Hall–Kier alpha value is -2.12. The zero-order chi connectivity index (χ0) is 22.9. The van der Waals surface area contributed by atoms with Gasteiger partial charge in [0.05, 0.1) is 11.7 Å². The molecule has 5 nitrogen and oxygen atoms in total. The minimum Gasteiger partial charge on any atom is -0.344 e. The number of thiazole rings is 1. The summed E-state index contributed by atoms with van der Waals surface area (Å²) in [5, 5.41) is 5.15. The number of aromatic nitrogens is 1. The first kappa shape index (κ1) is 29.9. The third-order valence-electron chi connectivity index (χ3n) is 5.46. The average molecular weight is 524 g/mol. The van der Waals surface area contributed by atoms with Crippen molar-refractivity contribution in [3.05, 3.63) is 81.1 Å². The van der Waals surface area contributed by atoms with Crippen LogP contribution in [0.4, 0.5) is 5.69 Å². The summed E-state index contributed by atoms with van der Waals surface area (Å²) in [4.78, 5) is 19.0. The average Bonchev–Trinajstić information content (AvgIpc) is 3.17. The van der Waals surface area contributed by atoms with Crippen molar-refractivity contribution in [3.63, 3.8) is 0 Å². The lowest BCUT2D eigenvalue weighted by Crippen LogP contribution is -2.32. The van der Waals surface area contributed by atoms with Crippen molar-refractivity contribution in [1.29, 1.82) is 0 Å². The molecule has 34 heavy (non-hydrogen) atoms. The van der Waals surface area contributed by atoms with Crippen LogP contribution in [0, 0.1) is 13.8 Å². The van der Waals surface area contributed by atoms with Gasteiger partial charge in [-0.05, 0) is 68.5 Å². The van der Waals surface area contributed by atoms with E-state index < -0.39 is 0 Å². The Bertz CT molecular complexity index is 1080. The van der Waals surface area contributed by atoms with Gasteiger partial charge in [-0.3, -0.25) is 4.79 Å². The summed E-state index contributed by atoms with van der Waals surface area (Å²) in [7, 11) is 0. The molecule has 0 bridgehead atoms. The quantitative estimate of drug-likeness (QED) is 0.308. The Kier molecular flexibility index (Phi) is 13.2. The van der Waals surface area contributed by atoms with Crippen LogP contribution in [-0.4, -0.2) is 17.0 Å². The fraction of sp³-hybridized carbons (Fsp3) is 0.385. The molecule has 0 aliphatic rings. The molecular formula is C26H36Cl2N4OS. The van der Waals surface area contributed by atoms with Gasteiger partial charge in [-0.1, -0.05) is 49.7 Å². The van der Waals surface area contributed by atoms with Crippen LogP contribution in [0.2, 0.25) is 0 Å². The number of amides is 1. The third-order valence-corrected chi connectivity index (χ3v) is 6.33. The summed E-state index contributed by atoms with van der Waals surface area (Å²) in [6.07, 6.45) is 3.81. The van der Waals surface area contributed by atoms with E-state index in [4.69, 9.17) is 10.7 Å². The van der Waals surface area contributed by atoms with Gasteiger partial charge in [0.25, 0.3) is 5.91 Å². The number of hydrogen-bond acceptors (Lipinski definition) is 4. The highest BCUT2D eigenvalue weighted by Gasteiger charge is 2.18. The first-order chi connectivity index (χ1) is 15.5. The lowest BCUT2D eigenvalue weighted by Gasteiger charge is -2.18. The molecule has 3 aromatic rings. The van der Waals surface area contributed by atoms with Crippen LogP contribution in [-0.2, 0) is 6.54 Å². The summed E-state index contributed by atoms with van der Waals surface area (Å²) in [5.74, 6) is -0.0577. The fourth-order valence-electron chi connectivity index (χ4n) is 3.87. The Balaban J connectivity index is 0.00000289. The molecule has 2 aromatic carbocycles. The molecule has 1 heterocycles. The molecule has 186 valence electrons. The first-order valence-corrected chi connectivity index (χ1v) is 12.3. The van der Waals surface area contributed by atoms with E-state index in [1.54, 1.807) is 0 Å². The maximum absolute atomic E-state index is 13.3. The number of hydrogen-bond donors (Lipinski definition) is 2. The lowest BCUT2D eigenvalue weighted by molar-refractivity contribution is 0.0925. The molecule has 1 aromatic heterocycles. The largest absolute Gasteiger partial charge is 0.344 e. The van der Waals surface area contributed by atoms with Crippen LogP contribution < -0.4 is 15.9 Å². The number of halogens is 2. The highest BCUT2D eigenvalue weighted by molar-refractivity contribution is 7.07. The smallest absolute Gasteiger partial charge is 0.269 e. The molecular weight excluding hydrogens is 487 g/mol. The van der Waals surface area contributed by atoms with Crippen molar-refractivity contribution < 1.29 is 4.79 Å². The number of carbonyl (C=O) groups is 1. The molecule has 1 atom stereocenters. The van der Waals surface area contributed by atoms with Gasteiger partial charge < -0.3 is 15.6 Å². The zero-order valence-electron chi connectivity index (χ0n) is 20.1. The van der Waals surface area contributed by atoms with Gasteiger partial charge in [0.15, 0.2) is 4.80 Å². The molecule has 1 unspecified atom stereocenters. The van der Waals surface area contributed by atoms with E-state index >= 15 is 0 Å². The molecule has 0 saturated carbocycles. The number of rotatable bonds is 10. The second-order valence-corrected chi connectivity index (χ2v) is 9.04. The number of aryl methyl sites for hydroxylation is 2. The first-order valence-electron chi connectivity index (χ1n) is 11.4. The van der Waals surface area contributed by atoms with Gasteiger partial charge in [0.2, 0.25) is 0 Å². The van der Waals surface area contributed by atoms with Crippen molar-refractivity contribution in [3.8, 4) is 0 Å². The molecule has 0 spiro atoms. The van der Waals surface area contributed by atoms with Crippen LogP contribution in [0.25, 0.3) is 0 Å². The summed E-state index contributed by atoms with van der Waals surface area (Å²) in [6.45, 7) is 7.69. The monoisotopic (exact) mass is 522 g/mol. The highest BCUT2D eigenvalue weighted by Crippen LogP contribution is 2.19. The Morgan fingerprint density at radius 1 is 1.06 bits per heavy atom. The Morgan fingerprint density at radius 3 is 2.35 bits per heavy atom. The van der Waals surface area contributed by atoms with Crippen molar-refractivity contribution in [1.82, 2.24) is 9.88 Å². The van der Waals surface area contributed by atoms with Crippen LogP contribution in [0.1, 0.15) is 65.8 Å². The maximum Gasteiger partial charge on any atom is 0.269 e. The van der Waals surface area contributed by atoms with E-state index in [9.17, 15) is 4.79 Å². The van der Waals surface area contributed by atoms with E-state index in [1.165, 1.54) is 22.5 Å². The molecule has 1 amide bonds. The van der Waals surface area contributed by atoms with Crippen LogP contribution in [0.15, 0.2) is 58.9 Å². The van der Waals surface area contributed by atoms with E-state index in [1.807, 2.05) is 23.6 Å². The van der Waals surface area contributed by atoms with E-state index in [0.717, 1.165) is 48.3 Å². The number of nitrogens with two attached hydrogens (primary N) is 1. The highest BCUT2D eigenvalue weighted by atomic mass is 35.5. The van der Waals surface area contributed by atoms with Gasteiger partial charge in [-0.25, -0.2) is 4.99 Å².